The SMILES string of the molecule is CCCc1ccc(C(=O)COC(C)C(F)(F)F)cc1. The third-order valence-corrected chi connectivity index (χ3v) is 2.74. The van der Waals surface area contributed by atoms with E-state index in [0.29, 0.717) is 5.56 Å². The lowest BCUT2D eigenvalue weighted by Crippen LogP contribution is -2.30. The van der Waals surface area contributed by atoms with E-state index in [1.165, 1.54) is 0 Å². The van der Waals surface area contributed by atoms with Crippen molar-refractivity contribution < 1.29 is 22.7 Å². The molecule has 1 rings (SSSR count). The van der Waals surface area contributed by atoms with Crippen molar-refractivity contribution in [2.45, 2.75) is 39.0 Å². The molecule has 5 heteroatoms. The van der Waals surface area contributed by atoms with Crippen molar-refractivity contribution in [2.24, 2.45) is 0 Å². The number of ketones is 1. The van der Waals surface area contributed by atoms with Crippen LogP contribution in [0.25, 0.3) is 0 Å². The van der Waals surface area contributed by atoms with E-state index < -0.39 is 24.7 Å². The van der Waals surface area contributed by atoms with Gasteiger partial charge in [0.25, 0.3) is 0 Å². The Morgan fingerprint density at radius 2 is 1.84 bits per heavy atom. The van der Waals surface area contributed by atoms with Crippen LogP contribution in [0.3, 0.4) is 0 Å². The average molecular weight is 274 g/mol. The lowest BCUT2D eigenvalue weighted by atomic mass is 10.1. The van der Waals surface area contributed by atoms with Gasteiger partial charge in [-0.2, -0.15) is 13.2 Å². The van der Waals surface area contributed by atoms with Gasteiger partial charge in [0.15, 0.2) is 11.9 Å². The Kier molecular flexibility index (Phi) is 5.54. The Hall–Kier alpha value is -1.36. The van der Waals surface area contributed by atoms with E-state index in [2.05, 4.69) is 4.74 Å². The van der Waals surface area contributed by atoms with Crippen LogP contribution in [0.4, 0.5) is 13.2 Å². The van der Waals surface area contributed by atoms with Crippen LogP contribution in [0.15, 0.2) is 24.3 Å². The maximum absolute atomic E-state index is 12.2. The number of carbonyl (C=O) groups excluding carboxylic acids is 1. The smallest absolute Gasteiger partial charge is 0.361 e. The number of halogens is 3. The van der Waals surface area contributed by atoms with Gasteiger partial charge in [-0.3, -0.25) is 4.79 Å². The topological polar surface area (TPSA) is 26.3 Å². The molecule has 0 saturated heterocycles. The highest BCUT2D eigenvalue weighted by molar-refractivity contribution is 5.97. The molecule has 1 aromatic rings. The Morgan fingerprint density at radius 1 is 1.26 bits per heavy atom. The largest absolute Gasteiger partial charge is 0.414 e. The van der Waals surface area contributed by atoms with Gasteiger partial charge in [0.05, 0.1) is 0 Å². The standard InChI is InChI=1S/C14H17F3O2/c1-3-4-11-5-7-12(8-6-11)13(18)9-19-10(2)14(15,16)17/h5-8,10H,3-4,9H2,1-2H3. The quantitative estimate of drug-likeness (QED) is 0.738. The third kappa shape index (κ3) is 5.03. The van der Waals surface area contributed by atoms with Crippen LogP contribution >= 0.6 is 0 Å². The molecule has 0 radical (unpaired) electrons. The molecule has 0 amide bonds. The molecule has 1 atom stereocenters. The second kappa shape index (κ2) is 6.70. The molecule has 0 bridgehead atoms. The molecule has 0 aliphatic heterocycles. The summed E-state index contributed by atoms with van der Waals surface area (Å²) in [7, 11) is 0. The van der Waals surface area contributed by atoms with Gasteiger partial charge < -0.3 is 4.74 Å². The average Bonchev–Trinajstić information content (AvgIpc) is 2.35. The normalized spacial score (nSPS) is 13.3. The minimum absolute atomic E-state index is 0.370. The fraction of sp³-hybridized carbons (Fsp3) is 0.500. The summed E-state index contributed by atoms with van der Waals surface area (Å²) in [5.74, 6) is -0.445. The van der Waals surface area contributed by atoms with E-state index in [0.717, 1.165) is 25.3 Å². The van der Waals surface area contributed by atoms with Crippen LogP contribution in [0.5, 0.6) is 0 Å². The fourth-order valence-corrected chi connectivity index (χ4v) is 1.52. The second-order valence-corrected chi connectivity index (χ2v) is 4.36. The summed E-state index contributed by atoms with van der Waals surface area (Å²) in [6, 6.07) is 6.86. The van der Waals surface area contributed by atoms with E-state index in [4.69, 9.17) is 0 Å². The molecule has 0 aliphatic carbocycles. The summed E-state index contributed by atoms with van der Waals surface area (Å²) in [5.41, 5.74) is 1.47. The maximum Gasteiger partial charge on any atom is 0.414 e. The zero-order chi connectivity index (χ0) is 14.5. The number of ether oxygens (including phenoxy) is 1. The van der Waals surface area contributed by atoms with Gasteiger partial charge in [0, 0.05) is 5.56 Å². The summed E-state index contributed by atoms with van der Waals surface area (Å²) in [6.07, 6.45) is -4.46. The number of hydrogen-bond donors (Lipinski definition) is 0. The van der Waals surface area contributed by atoms with E-state index in [1.807, 2.05) is 19.1 Å². The Balaban J connectivity index is 2.54. The van der Waals surface area contributed by atoms with Crippen LogP contribution in [0.1, 0.15) is 36.2 Å². The summed E-state index contributed by atoms with van der Waals surface area (Å²) in [6.45, 7) is 2.37. The Bertz CT molecular complexity index is 410. The minimum Gasteiger partial charge on any atom is -0.361 e. The number of benzene rings is 1. The van der Waals surface area contributed by atoms with Gasteiger partial charge in [-0.15, -0.1) is 0 Å². The van der Waals surface area contributed by atoms with Gasteiger partial charge in [0.1, 0.15) is 6.61 Å². The van der Waals surface area contributed by atoms with Crippen molar-refractivity contribution in [1.29, 1.82) is 0 Å². The second-order valence-electron chi connectivity index (χ2n) is 4.36. The zero-order valence-corrected chi connectivity index (χ0v) is 11.0. The summed E-state index contributed by atoms with van der Waals surface area (Å²) < 4.78 is 41.1. The molecule has 0 saturated carbocycles. The van der Waals surface area contributed by atoms with Gasteiger partial charge in [-0.25, -0.2) is 0 Å². The number of hydrogen-bond acceptors (Lipinski definition) is 2. The van der Waals surface area contributed by atoms with Gasteiger partial charge in [-0.1, -0.05) is 37.6 Å². The van der Waals surface area contributed by atoms with E-state index in [1.54, 1.807) is 12.1 Å². The molecular formula is C14H17F3O2. The molecule has 0 N–H and O–H groups in total. The molecule has 2 nitrogen and oxygen atoms in total. The number of carbonyl (C=O) groups is 1. The van der Waals surface area contributed by atoms with Gasteiger partial charge >= 0.3 is 6.18 Å². The first-order valence-electron chi connectivity index (χ1n) is 6.15. The van der Waals surface area contributed by atoms with E-state index in [9.17, 15) is 18.0 Å². The number of Topliss-reactive ketones (excluding diaryl/α,β-unsaturated/α-hetero) is 1. The molecule has 106 valence electrons. The predicted molar refractivity (Wildman–Crippen MR) is 66.2 cm³/mol. The van der Waals surface area contributed by atoms with E-state index >= 15 is 0 Å². The number of alkyl halides is 3. The van der Waals surface area contributed by atoms with Crippen molar-refractivity contribution in [3.8, 4) is 0 Å². The molecule has 1 aromatic carbocycles. The van der Waals surface area contributed by atoms with Crippen LogP contribution < -0.4 is 0 Å². The highest BCUT2D eigenvalue weighted by atomic mass is 19.4. The monoisotopic (exact) mass is 274 g/mol. The van der Waals surface area contributed by atoms with Gasteiger partial charge in [0.2, 0.25) is 0 Å². The molecule has 0 fully saturated rings. The first-order valence-corrected chi connectivity index (χ1v) is 6.15. The first kappa shape index (κ1) is 15.7. The van der Waals surface area contributed by atoms with Crippen LogP contribution in [-0.2, 0) is 11.2 Å². The highest BCUT2D eigenvalue weighted by Crippen LogP contribution is 2.22. The number of rotatable bonds is 6. The van der Waals surface area contributed by atoms with Crippen LogP contribution in [0.2, 0.25) is 0 Å². The third-order valence-electron chi connectivity index (χ3n) is 2.74. The fourth-order valence-electron chi connectivity index (χ4n) is 1.52. The maximum atomic E-state index is 12.2. The first-order chi connectivity index (χ1) is 8.84. The van der Waals surface area contributed by atoms with Crippen molar-refractivity contribution in [1.82, 2.24) is 0 Å². The number of aryl methyl sites for hydroxylation is 1. The summed E-state index contributed by atoms with van der Waals surface area (Å²) in [5, 5.41) is 0. The lowest BCUT2D eigenvalue weighted by Gasteiger charge is -2.15. The highest BCUT2D eigenvalue weighted by Gasteiger charge is 2.37. The van der Waals surface area contributed by atoms with Crippen molar-refractivity contribution >= 4 is 5.78 Å². The molecule has 0 aliphatic rings. The Morgan fingerprint density at radius 3 is 2.32 bits per heavy atom. The lowest BCUT2D eigenvalue weighted by molar-refractivity contribution is -0.210. The zero-order valence-electron chi connectivity index (χ0n) is 11.0. The van der Waals surface area contributed by atoms with Crippen LogP contribution in [0, 0.1) is 0 Å². The summed E-state index contributed by atoms with van der Waals surface area (Å²) >= 11 is 0. The summed E-state index contributed by atoms with van der Waals surface area (Å²) in [4.78, 5) is 11.7. The van der Waals surface area contributed by atoms with Crippen molar-refractivity contribution in [3.05, 3.63) is 35.4 Å². The Labute approximate surface area is 110 Å². The molecule has 0 aromatic heterocycles. The van der Waals surface area contributed by atoms with Crippen molar-refractivity contribution in [3.63, 3.8) is 0 Å². The molecular weight excluding hydrogens is 257 g/mol. The molecule has 19 heavy (non-hydrogen) atoms. The molecule has 1 unspecified atom stereocenters. The molecule has 0 heterocycles. The van der Waals surface area contributed by atoms with E-state index in [-0.39, 0.29) is 0 Å². The predicted octanol–water partition coefficient (Wildman–Crippen LogP) is 3.79. The van der Waals surface area contributed by atoms with Gasteiger partial charge in [-0.05, 0) is 18.9 Å². The van der Waals surface area contributed by atoms with Crippen LogP contribution in [-0.4, -0.2) is 24.7 Å². The molecule has 0 spiro atoms. The van der Waals surface area contributed by atoms with Crippen molar-refractivity contribution in [2.75, 3.05) is 6.61 Å². The minimum atomic E-state index is -4.44.